The van der Waals surface area contributed by atoms with Crippen LogP contribution in [-0.2, 0) is 13.1 Å². The van der Waals surface area contributed by atoms with Crippen LogP contribution in [0.5, 0.6) is 5.75 Å². The molecule has 7 heteroatoms. The number of benzene rings is 1. The summed E-state index contributed by atoms with van der Waals surface area (Å²) in [5.74, 6) is 0.785. The standard InChI is InChI=1S/C26H32N4O2S/c1-20(16-28-26(31)25-10-5-21(2)33-25)32-24-8-6-22(7-9-24)18-29-12-14-30(15-13-29)19-23-4-3-11-27-17-23/h3-11,17,20H,12-16,18-19H2,1-2H3,(H,28,31)/t20-/m1/s1. The maximum absolute atomic E-state index is 12.2. The lowest BCUT2D eigenvalue weighted by Crippen LogP contribution is -2.45. The van der Waals surface area contributed by atoms with Gasteiger partial charge in [0.15, 0.2) is 0 Å². The van der Waals surface area contributed by atoms with Gasteiger partial charge in [-0.05, 0) is 55.3 Å². The second kappa shape index (κ2) is 11.4. The van der Waals surface area contributed by atoms with Crippen LogP contribution in [-0.4, -0.2) is 59.5 Å². The summed E-state index contributed by atoms with van der Waals surface area (Å²) in [5.41, 5.74) is 2.56. The summed E-state index contributed by atoms with van der Waals surface area (Å²) in [7, 11) is 0. The minimum Gasteiger partial charge on any atom is -0.489 e. The van der Waals surface area contributed by atoms with Crippen molar-refractivity contribution in [2.75, 3.05) is 32.7 Å². The van der Waals surface area contributed by atoms with Gasteiger partial charge in [0, 0.05) is 56.5 Å². The van der Waals surface area contributed by atoms with Crippen LogP contribution < -0.4 is 10.1 Å². The molecule has 0 saturated carbocycles. The second-order valence-electron chi connectivity index (χ2n) is 8.61. The van der Waals surface area contributed by atoms with Crippen LogP contribution in [0, 0.1) is 6.92 Å². The van der Waals surface area contributed by atoms with Gasteiger partial charge in [-0.3, -0.25) is 19.6 Å². The summed E-state index contributed by atoms with van der Waals surface area (Å²) >= 11 is 1.51. The minimum atomic E-state index is -0.103. The highest BCUT2D eigenvalue weighted by Crippen LogP contribution is 2.17. The molecule has 1 N–H and O–H groups in total. The third kappa shape index (κ3) is 7.12. The van der Waals surface area contributed by atoms with Crippen molar-refractivity contribution < 1.29 is 9.53 Å². The number of hydrogen-bond acceptors (Lipinski definition) is 6. The van der Waals surface area contributed by atoms with Gasteiger partial charge in [0.1, 0.15) is 11.9 Å². The van der Waals surface area contributed by atoms with Crippen LogP contribution in [0.2, 0.25) is 0 Å². The van der Waals surface area contributed by atoms with E-state index < -0.39 is 0 Å². The maximum atomic E-state index is 12.2. The van der Waals surface area contributed by atoms with Crippen molar-refractivity contribution in [1.29, 1.82) is 0 Å². The molecule has 1 saturated heterocycles. The molecule has 0 radical (unpaired) electrons. The zero-order valence-electron chi connectivity index (χ0n) is 19.4. The summed E-state index contributed by atoms with van der Waals surface area (Å²) in [6.45, 7) is 10.7. The van der Waals surface area contributed by atoms with E-state index in [1.54, 1.807) is 0 Å². The Morgan fingerprint density at radius 1 is 1.03 bits per heavy atom. The van der Waals surface area contributed by atoms with E-state index in [1.165, 1.54) is 22.5 Å². The van der Waals surface area contributed by atoms with E-state index in [2.05, 4.69) is 38.3 Å². The predicted molar refractivity (Wildman–Crippen MR) is 133 cm³/mol. The molecule has 0 aliphatic carbocycles. The molecule has 2 aromatic heterocycles. The molecule has 1 aliphatic heterocycles. The Balaban J connectivity index is 1.17. The molecule has 1 aromatic carbocycles. The minimum absolute atomic E-state index is 0.0422. The smallest absolute Gasteiger partial charge is 0.261 e. The summed E-state index contributed by atoms with van der Waals surface area (Å²) in [6.07, 6.45) is 3.67. The number of ether oxygens (including phenoxy) is 1. The van der Waals surface area contributed by atoms with E-state index >= 15 is 0 Å². The molecule has 0 spiro atoms. The third-order valence-corrected chi connectivity index (χ3v) is 6.77. The number of aromatic nitrogens is 1. The Morgan fingerprint density at radius 2 is 1.73 bits per heavy atom. The third-order valence-electron chi connectivity index (χ3n) is 5.77. The fourth-order valence-corrected chi connectivity index (χ4v) is 4.72. The number of carbonyl (C=O) groups excluding carboxylic acids is 1. The number of pyridine rings is 1. The first kappa shape index (κ1) is 23.4. The van der Waals surface area contributed by atoms with Crippen molar-refractivity contribution in [2.45, 2.75) is 33.0 Å². The average molecular weight is 465 g/mol. The van der Waals surface area contributed by atoms with Crippen LogP contribution in [0.1, 0.15) is 32.6 Å². The Hall–Kier alpha value is -2.74. The molecule has 6 nitrogen and oxygen atoms in total. The van der Waals surface area contributed by atoms with E-state index in [0.717, 1.165) is 54.8 Å². The topological polar surface area (TPSA) is 57.7 Å². The van der Waals surface area contributed by atoms with E-state index in [4.69, 9.17) is 4.74 Å². The molecule has 3 aromatic rings. The lowest BCUT2D eigenvalue weighted by molar-refractivity contribution is 0.0936. The Morgan fingerprint density at radius 3 is 2.33 bits per heavy atom. The van der Waals surface area contributed by atoms with Gasteiger partial charge in [-0.1, -0.05) is 18.2 Å². The van der Waals surface area contributed by atoms with Gasteiger partial charge in [0.25, 0.3) is 5.91 Å². The van der Waals surface area contributed by atoms with Crippen molar-refractivity contribution in [1.82, 2.24) is 20.1 Å². The quantitative estimate of drug-likeness (QED) is 0.519. The zero-order chi connectivity index (χ0) is 23.0. The molecule has 4 rings (SSSR count). The van der Waals surface area contributed by atoms with E-state index in [-0.39, 0.29) is 12.0 Å². The van der Waals surface area contributed by atoms with Crippen molar-refractivity contribution in [2.24, 2.45) is 0 Å². The summed E-state index contributed by atoms with van der Waals surface area (Å²) in [4.78, 5) is 23.3. The number of aryl methyl sites for hydroxylation is 1. The van der Waals surface area contributed by atoms with Crippen molar-refractivity contribution >= 4 is 17.2 Å². The fourth-order valence-electron chi connectivity index (χ4n) is 3.94. The number of nitrogens with one attached hydrogen (secondary N) is 1. The van der Waals surface area contributed by atoms with Gasteiger partial charge >= 0.3 is 0 Å². The summed E-state index contributed by atoms with van der Waals surface area (Å²) < 4.78 is 5.98. The van der Waals surface area contributed by atoms with Crippen molar-refractivity contribution in [3.05, 3.63) is 81.8 Å². The maximum Gasteiger partial charge on any atom is 0.261 e. The normalized spacial score (nSPS) is 15.8. The molecule has 174 valence electrons. The van der Waals surface area contributed by atoms with Gasteiger partial charge < -0.3 is 10.1 Å². The van der Waals surface area contributed by atoms with Crippen LogP contribution >= 0.6 is 11.3 Å². The number of hydrogen-bond donors (Lipinski definition) is 1. The lowest BCUT2D eigenvalue weighted by atomic mass is 10.2. The monoisotopic (exact) mass is 464 g/mol. The van der Waals surface area contributed by atoms with Gasteiger partial charge in [-0.25, -0.2) is 0 Å². The summed E-state index contributed by atoms with van der Waals surface area (Å²) in [5, 5.41) is 2.95. The first-order valence-electron chi connectivity index (χ1n) is 11.5. The second-order valence-corrected chi connectivity index (χ2v) is 9.89. The molecule has 0 unspecified atom stereocenters. The number of amides is 1. The fraction of sp³-hybridized carbons (Fsp3) is 0.385. The molecule has 1 atom stereocenters. The average Bonchev–Trinajstić information content (AvgIpc) is 3.27. The van der Waals surface area contributed by atoms with Gasteiger partial charge in [0.2, 0.25) is 0 Å². The SMILES string of the molecule is Cc1ccc(C(=O)NC[C@@H](C)Oc2ccc(CN3CCN(Cc4cccnc4)CC3)cc2)s1. The molecule has 1 fully saturated rings. The van der Waals surface area contributed by atoms with Crippen LogP contribution in [0.15, 0.2) is 60.9 Å². The number of nitrogens with zero attached hydrogens (tertiary/aromatic N) is 3. The highest BCUT2D eigenvalue weighted by molar-refractivity contribution is 7.13. The van der Waals surface area contributed by atoms with Gasteiger partial charge in [0.05, 0.1) is 11.4 Å². The molecule has 1 amide bonds. The van der Waals surface area contributed by atoms with Crippen LogP contribution in [0.25, 0.3) is 0 Å². The molecular weight excluding hydrogens is 432 g/mol. The number of thiophene rings is 1. The zero-order valence-corrected chi connectivity index (χ0v) is 20.2. The summed E-state index contributed by atoms with van der Waals surface area (Å²) in [6, 6.07) is 16.3. The van der Waals surface area contributed by atoms with Crippen LogP contribution in [0.3, 0.4) is 0 Å². The van der Waals surface area contributed by atoms with E-state index in [9.17, 15) is 4.79 Å². The van der Waals surface area contributed by atoms with E-state index in [0.29, 0.717) is 6.54 Å². The largest absolute Gasteiger partial charge is 0.489 e. The van der Waals surface area contributed by atoms with Crippen molar-refractivity contribution in [3.63, 3.8) is 0 Å². The predicted octanol–water partition coefficient (Wildman–Crippen LogP) is 3.97. The molecule has 3 heterocycles. The number of rotatable bonds is 9. The van der Waals surface area contributed by atoms with E-state index in [1.807, 2.05) is 56.6 Å². The van der Waals surface area contributed by atoms with Gasteiger partial charge in [-0.2, -0.15) is 0 Å². The number of piperazine rings is 1. The molecule has 1 aliphatic rings. The lowest BCUT2D eigenvalue weighted by Gasteiger charge is -2.34. The Labute approximate surface area is 200 Å². The molecule has 33 heavy (non-hydrogen) atoms. The Bertz CT molecular complexity index is 1010. The first-order chi connectivity index (χ1) is 16.0. The highest BCUT2D eigenvalue weighted by Gasteiger charge is 2.17. The van der Waals surface area contributed by atoms with Crippen LogP contribution in [0.4, 0.5) is 0 Å². The van der Waals surface area contributed by atoms with Crippen molar-refractivity contribution in [3.8, 4) is 5.75 Å². The number of carbonyl (C=O) groups is 1. The molecular formula is C26H32N4O2S. The Kier molecular flexibility index (Phi) is 8.10. The first-order valence-corrected chi connectivity index (χ1v) is 12.3. The van der Waals surface area contributed by atoms with Gasteiger partial charge in [-0.15, -0.1) is 11.3 Å². The molecule has 0 bridgehead atoms. The highest BCUT2D eigenvalue weighted by atomic mass is 32.1.